The van der Waals surface area contributed by atoms with E-state index in [2.05, 4.69) is 47.7 Å². The summed E-state index contributed by atoms with van der Waals surface area (Å²) in [5.74, 6) is 0.750. The third-order valence-electron chi connectivity index (χ3n) is 2.97. The molecule has 0 saturated heterocycles. The van der Waals surface area contributed by atoms with E-state index in [9.17, 15) is 0 Å². The van der Waals surface area contributed by atoms with Crippen LogP contribution >= 0.6 is 22.6 Å². The van der Waals surface area contributed by atoms with Crippen molar-refractivity contribution in [1.82, 2.24) is 0 Å². The molecule has 0 bridgehead atoms. The highest BCUT2D eigenvalue weighted by atomic mass is 127. The van der Waals surface area contributed by atoms with Gasteiger partial charge in [-0.2, -0.15) is 0 Å². The van der Waals surface area contributed by atoms with Crippen molar-refractivity contribution < 1.29 is 0 Å². The highest BCUT2D eigenvalue weighted by molar-refractivity contribution is 14.1. The molecule has 1 atom stereocenters. The van der Waals surface area contributed by atoms with E-state index in [1.165, 1.54) is 27.5 Å². The van der Waals surface area contributed by atoms with Crippen LogP contribution in [-0.2, 0) is 6.42 Å². The van der Waals surface area contributed by atoms with Crippen molar-refractivity contribution in [2.24, 2.45) is 11.7 Å². The van der Waals surface area contributed by atoms with Crippen molar-refractivity contribution in [3.8, 4) is 0 Å². The Morgan fingerprint density at radius 2 is 2.21 bits per heavy atom. The second-order valence-electron chi connectivity index (χ2n) is 4.07. The Kier molecular flexibility index (Phi) is 3.12. The standard InChI is InChI=1S/C12H16IN/c1-2-8-7-10(5-6-11(8)13)12(14)9-3-4-9/h5-7,9,12H,2-4,14H2,1H3/t12-/m1/s1. The van der Waals surface area contributed by atoms with Crippen molar-refractivity contribution >= 4 is 22.6 Å². The number of aryl methyl sites for hydroxylation is 1. The Morgan fingerprint density at radius 3 is 2.79 bits per heavy atom. The molecule has 1 saturated carbocycles. The van der Waals surface area contributed by atoms with Gasteiger partial charge in [-0.3, -0.25) is 0 Å². The number of benzene rings is 1. The summed E-state index contributed by atoms with van der Waals surface area (Å²) in [6.07, 6.45) is 3.73. The molecule has 1 aromatic rings. The molecule has 0 unspecified atom stereocenters. The first kappa shape index (κ1) is 10.4. The lowest BCUT2D eigenvalue weighted by Gasteiger charge is -2.12. The van der Waals surface area contributed by atoms with Crippen LogP contribution in [0.1, 0.15) is 36.9 Å². The molecule has 0 spiro atoms. The van der Waals surface area contributed by atoms with Crippen LogP contribution in [-0.4, -0.2) is 0 Å². The fraction of sp³-hybridized carbons (Fsp3) is 0.500. The van der Waals surface area contributed by atoms with Gasteiger partial charge in [0.1, 0.15) is 0 Å². The van der Waals surface area contributed by atoms with E-state index in [-0.39, 0.29) is 6.04 Å². The SMILES string of the molecule is CCc1cc([C@H](N)C2CC2)ccc1I. The normalized spacial score (nSPS) is 18.2. The molecule has 76 valence electrons. The number of hydrogen-bond donors (Lipinski definition) is 1. The van der Waals surface area contributed by atoms with Gasteiger partial charge in [0.05, 0.1) is 0 Å². The van der Waals surface area contributed by atoms with Gasteiger partial charge in [0.15, 0.2) is 0 Å². The Morgan fingerprint density at radius 1 is 1.50 bits per heavy atom. The molecule has 2 N–H and O–H groups in total. The van der Waals surface area contributed by atoms with E-state index in [0.29, 0.717) is 0 Å². The van der Waals surface area contributed by atoms with Crippen LogP contribution in [0.5, 0.6) is 0 Å². The lowest BCUT2D eigenvalue weighted by Crippen LogP contribution is -2.12. The molecule has 0 heterocycles. The molecule has 1 fully saturated rings. The van der Waals surface area contributed by atoms with Crippen molar-refractivity contribution in [3.63, 3.8) is 0 Å². The fourth-order valence-electron chi connectivity index (χ4n) is 1.80. The average Bonchev–Trinajstić information content (AvgIpc) is 3.01. The quantitative estimate of drug-likeness (QED) is 0.852. The Hall–Kier alpha value is -0.0900. The van der Waals surface area contributed by atoms with Gasteiger partial charge in [0.25, 0.3) is 0 Å². The van der Waals surface area contributed by atoms with E-state index in [1.54, 1.807) is 0 Å². The maximum Gasteiger partial charge on any atom is 0.0323 e. The predicted octanol–water partition coefficient (Wildman–Crippen LogP) is 3.26. The van der Waals surface area contributed by atoms with Crippen LogP contribution in [0.2, 0.25) is 0 Å². The fourth-order valence-corrected chi connectivity index (χ4v) is 2.52. The molecule has 2 heteroatoms. The molecule has 0 aliphatic heterocycles. The van der Waals surface area contributed by atoms with Gasteiger partial charge in [-0.1, -0.05) is 19.1 Å². The Labute approximate surface area is 99.2 Å². The van der Waals surface area contributed by atoms with Crippen molar-refractivity contribution in [2.75, 3.05) is 0 Å². The minimum atomic E-state index is 0.275. The molecule has 2 rings (SSSR count). The van der Waals surface area contributed by atoms with E-state index in [1.807, 2.05) is 0 Å². The summed E-state index contributed by atoms with van der Waals surface area (Å²) in [5, 5.41) is 0. The van der Waals surface area contributed by atoms with Crippen molar-refractivity contribution in [2.45, 2.75) is 32.2 Å². The Bertz CT molecular complexity index is 331. The minimum absolute atomic E-state index is 0.275. The van der Waals surface area contributed by atoms with Gasteiger partial charge in [-0.25, -0.2) is 0 Å². The number of nitrogens with two attached hydrogens (primary N) is 1. The third-order valence-corrected chi connectivity index (χ3v) is 4.02. The molecule has 0 radical (unpaired) electrons. The molecule has 14 heavy (non-hydrogen) atoms. The number of halogens is 1. The first-order valence-corrected chi connectivity index (χ1v) is 6.34. The zero-order valence-electron chi connectivity index (χ0n) is 8.46. The zero-order valence-corrected chi connectivity index (χ0v) is 10.6. The van der Waals surface area contributed by atoms with E-state index < -0.39 is 0 Å². The van der Waals surface area contributed by atoms with Crippen molar-refractivity contribution in [3.05, 3.63) is 32.9 Å². The van der Waals surface area contributed by atoms with Crippen LogP contribution in [0.15, 0.2) is 18.2 Å². The average molecular weight is 301 g/mol. The van der Waals surface area contributed by atoms with Crippen LogP contribution < -0.4 is 5.73 Å². The topological polar surface area (TPSA) is 26.0 Å². The van der Waals surface area contributed by atoms with Gasteiger partial charge in [0.2, 0.25) is 0 Å². The largest absolute Gasteiger partial charge is 0.324 e. The summed E-state index contributed by atoms with van der Waals surface area (Å²) in [5.41, 5.74) is 8.93. The van der Waals surface area contributed by atoms with Crippen LogP contribution in [0.3, 0.4) is 0 Å². The maximum absolute atomic E-state index is 6.17. The van der Waals surface area contributed by atoms with Gasteiger partial charge < -0.3 is 5.73 Å². The molecular weight excluding hydrogens is 285 g/mol. The van der Waals surface area contributed by atoms with Crippen LogP contribution in [0.4, 0.5) is 0 Å². The molecule has 0 amide bonds. The maximum atomic E-state index is 6.17. The number of hydrogen-bond acceptors (Lipinski definition) is 1. The second kappa shape index (κ2) is 4.19. The summed E-state index contributed by atoms with van der Waals surface area (Å²) in [6, 6.07) is 6.93. The summed E-state index contributed by atoms with van der Waals surface area (Å²) in [4.78, 5) is 0. The summed E-state index contributed by atoms with van der Waals surface area (Å²) in [7, 11) is 0. The van der Waals surface area contributed by atoms with Gasteiger partial charge >= 0.3 is 0 Å². The molecule has 1 nitrogen and oxygen atoms in total. The molecule has 1 aliphatic carbocycles. The highest BCUT2D eigenvalue weighted by Gasteiger charge is 2.29. The van der Waals surface area contributed by atoms with Crippen LogP contribution in [0.25, 0.3) is 0 Å². The number of rotatable bonds is 3. The predicted molar refractivity (Wildman–Crippen MR) is 68.2 cm³/mol. The van der Waals surface area contributed by atoms with E-state index >= 15 is 0 Å². The first-order chi connectivity index (χ1) is 6.72. The monoisotopic (exact) mass is 301 g/mol. The minimum Gasteiger partial charge on any atom is -0.324 e. The summed E-state index contributed by atoms with van der Waals surface area (Å²) < 4.78 is 1.36. The van der Waals surface area contributed by atoms with Gasteiger partial charge in [-0.05, 0) is 65.0 Å². The summed E-state index contributed by atoms with van der Waals surface area (Å²) in [6.45, 7) is 2.20. The molecule has 0 aromatic heterocycles. The third kappa shape index (κ3) is 2.11. The lowest BCUT2D eigenvalue weighted by molar-refractivity contribution is 0.632. The van der Waals surface area contributed by atoms with E-state index in [4.69, 9.17) is 5.73 Å². The smallest absolute Gasteiger partial charge is 0.0323 e. The summed E-state index contributed by atoms with van der Waals surface area (Å²) >= 11 is 2.39. The molecule has 1 aromatic carbocycles. The van der Waals surface area contributed by atoms with Gasteiger partial charge in [-0.15, -0.1) is 0 Å². The zero-order chi connectivity index (χ0) is 10.1. The first-order valence-electron chi connectivity index (χ1n) is 5.26. The van der Waals surface area contributed by atoms with Crippen LogP contribution in [0, 0.1) is 9.49 Å². The molecule has 1 aliphatic rings. The second-order valence-corrected chi connectivity index (χ2v) is 5.23. The highest BCUT2D eigenvalue weighted by Crippen LogP contribution is 2.39. The van der Waals surface area contributed by atoms with Gasteiger partial charge in [0, 0.05) is 9.61 Å². The van der Waals surface area contributed by atoms with Crippen molar-refractivity contribution in [1.29, 1.82) is 0 Å². The molecular formula is C12H16IN. The van der Waals surface area contributed by atoms with E-state index in [0.717, 1.165) is 12.3 Å². The lowest BCUT2D eigenvalue weighted by atomic mass is 10.0. The Balaban J connectivity index is 2.25.